The highest BCUT2D eigenvalue weighted by Gasteiger charge is 2.20. The molecule has 0 spiro atoms. The molecule has 3 aromatic heterocycles. The van der Waals surface area contributed by atoms with E-state index in [0.717, 1.165) is 23.1 Å². The predicted molar refractivity (Wildman–Crippen MR) is 127 cm³/mol. The minimum atomic E-state index is -0.289. The summed E-state index contributed by atoms with van der Waals surface area (Å²) in [4.78, 5) is 20.3. The molecule has 0 atom stereocenters. The lowest BCUT2D eigenvalue weighted by Gasteiger charge is -2.10. The largest absolute Gasteiger partial charge is 0.375 e. The van der Waals surface area contributed by atoms with Crippen LogP contribution in [-0.4, -0.2) is 64.0 Å². The number of fused-ring (bicyclic) bond motifs is 1. The maximum Gasteiger partial charge on any atom is 0.239 e. The molecule has 0 bridgehead atoms. The van der Waals surface area contributed by atoms with E-state index in [2.05, 4.69) is 31.2 Å². The molecule has 3 heterocycles. The zero-order valence-electron chi connectivity index (χ0n) is 18.8. The SMILES string of the molecule is CNCCNc1nonc1-c1nc2ccccc2n1CCOCc1ccc(NC(=O)CN)nc1. The van der Waals surface area contributed by atoms with Crippen molar-refractivity contribution in [2.75, 3.05) is 43.9 Å². The van der Waals surface area contributed by atoms with Crippen molar-refractivity contribution in [3.8, 4) is 11.5 Å². The van der Waals surface area contributed by atoms with Crippen molar-refractivity contribution in [1.82, 2.24) is 30.2 Å². The number of likely N-dealkylation sites (N-methyl/N-ethyl adjacent to an activating group) is 1. The van der Waals surface area contributed by atoms with Gasteiger partial charge in [0.05, 0.1) is 30.8 Å². The summed E-state index contributed by atoms with van der Waals surface area (Å²) in [5, 5.41) is 17.0. The highest BCUT2D eigenvalue weighted by Crippen LogP contribution is 2.27. The van der Waals surface area contributed by atoms with Crippen LogP contribution in [-0.2, 0) is 22.7 Å². The van der Waals surface area contributed by atoms with E-state index in [1.165, 1.54) is 0 Å². The van der Waals surface area contributed by atoms with Gasteiger partial charge in [-0.2, -0.15) is 0 Å². The Balaban J connectivity index is 1.43. The molecule has 12 heteroatoms. The fourth-order valence-electron chi connectivity index (χ4n) is 3.36. The Morgan fingerprint density at radius 3 is 2.85 bits per heavy atom. The van der Waals surface area contributed by atoms with Crippen LogP contribution in [0.15, 0.2) is 47.2 Å². The van der Waals surface area contributed by atoms with Gasteiger partial charge in [-0.15, -0.1) is 0 Å². The van der Waals surface area contributed by atoms with E-state index in [1.54, 1.807) is 12.3 Å². The summed E-state index contributed by atoms with van der Waals surface area (Å²) in [6, 6.07) is 11.4. The lowest BCUT2D eigenvalue weighted by atomic mass is 10.3. The smallest absolute Gasteiger partial charge is 0.239 e. The second kappa shape index (κ2) is 11.3. The summed E-state index contributed by atoms with van der Waals surface area (Å²) in [6.45, 7) is 2.72. The molecule has 178 valence electrons. The van der Waals surface area contributed by atoms with Crippen LogP contribution in [0.2, 0.25) is 0 Å². The van der Waals surface area contributed by atoms with E-state index in [4.69, 9.17) is 20.1 Å². The topological polar surface area (TPSA) is 158 Å². The first kappa shape index (κ1) is 23.3. The molecule has 1 aromatic carbocycles. The number of nitrogens with one attached hydrogen (secondary N) is 3. The van der Waals surface area contributed by atoms with Gasteiger partial charge in [0.1, 0.15) is 5.82 Å². The Kier molecular flexibility index (Phi) is 7.75. The van der Waals surface area contributed by atoms with Gasteiger partial charge in [0.2, 0.25) is 11.7 Å². The number of nitrogens with two attached hydrogens (primary N) is 1. The number of amides is 1. The number of aromatic nitrogens is 5. The van der Waals surface area contributed by atoms with Crippen molar-refractivity contribution in [3.63, 3.8) is 0 Å². The Morgan fingerprint density at radius 2 is 2.06 bits per heavy atom. The Hall–Kier alpha value is -3.87. The summed E-state index contributed by atoms with van der Waals surface area (Å²) in [5.74, 6) is 1.36. The second-order valence-electron chi connectivity index (χ2n) is 7.42. The van der Waals surface area contributed by atoms with E-state index in [-0.39, 0.29) is 12.5 Å². The lowest BCUT2D eigenvalue weighted by molar-refractivity contribution is -0.114. The minimum absolute atomic E-state index is 0.0879. The van der Waals surface area contributed by atoms with Crippen molar-refractivity contribution >= 4 is 28.6 Å². The molecular formula is C22H27N9O3. The number of nitrogens with zero attached hydrogens (tertiary/aromatic N) is 5. The van der Waals surface area contributed by atoms with Crippen molar-refractivity contribution < 1.29 is 14.2 Å². The highest BCUT2D eigenvalue weighted by atomic mass is 16.6. The molecule has 4 aromatic rings. The Labute approximate surface area is 195 Å². The third-order valence-corrected chi connectivity index (χ3v) is 5.03. The van der Waals surface area contributed by atoms with Gasteiger partial charge >= 0.3 is 0 Å². The van der Waals surface area contributed by atoms with Crippen molar-refractivity contribution in [1.29, 1.82) is 0 Å². The van der Waals surface area contributed by atoms with Gasteiger partial charge in [0, 0.05) is 25.8 Å². The molecule has 0 unspecified atom stereocenters. The molecule has 0 aliphatic heterocycles. The molecule has 1 amide bonds. The predicted octanol–water partition coefficient (Wildman–Crippen LogP) is 1.23. The van der Waals surface area contributed by atoms with Gasteiger partial charge in [-0.05, 0) is 41.1 Å². The number of rotatable bonds is 12. The third-order valence-electron chi connectivity index (χ3n) is 5.03. The molecule has 0 radical (unpaired) electrons. The van der Waals surface area contributed by atoms with Gasteiger partial charge in [0.15, 0.2) is 11.5 Å². The van der Waals surface area contributed by atoms with Crippen LogP contribution >= 0.6 is 0 Å². The lowest BCUT2D eigenvalue weighted by Crippen LogP contribution is -2.22. The monoisotopic (exact) mass is 465 g/mol. The molecule has 0 saturated heterocycles. The average molecular weight is 466 g/mol. The molecule has 34 heavy (non-hydrogen) atoms. The zero-order chi connectivity index (χ0) is 23.8. The zero-order valence-corrected chi connectivity index (χ0v) is 18.8. The number of hydrogen-bond acceptors (Lipinski definition) is 10. The van der Waals surface area contributed by atoms with E-state index in [0.29, 0.717) is 49.5 Å². The fourth-order valence-corrected chi connectivity index (χ4v) is 3.36. The molecule has 0 fully saturated rings. The molecule has 0 saturated carbocycles. The number of para-hydroxylation sites is 2. The second-order valence-corrected chi connectivity index (χ2v) is 7.42. The first-order valence-electron chi connectivity index (χ1n) is 10.9. The van der Waals surface area contributed by atoms with Crippen LogP contribution in [0.25, 0.3) is 22.6 Å². The van der Waals surface area contributed by atoms with Gasteiger partial charge in [-0.3, -0.25) is 4.79 Å². The highest BCUT2D eigenvalue weighted by molar-refractivity contribution is 5.91. The number of imidazole rings is 1. The first-order chi connectivity index (χ1) is 16.7. The van der Waals surface area contributed by atoms with Gasteiger partial charge in [0.25, 0.3) is 0 Å². The summed E-state index contributed by atoms with van der Waals surface area (Å²) >= 11 is 0. The minimum Gasteiger partial charge on any atom is -0.375 e. The van der Waals surface area contributed by atoms with Crippen LogP contribution in [0, 0.1) is 0 Å². The maximum atomic E-state index is 11.4. The quantitative estimate of drug-likeness (QED) is 0.224. The van der Waals surface area contributed by atoms with Crippen LogP contribution < -0.4 is 21.7 Å². The summed E-state index contributed by atoms with van der Waals surface area (Å²) < 4.78 is 12.9. The number of hydrogen-bond donors (Lipinski definition) is 4. The normalized spacial score (nSPS) is 11.1. The van der Waals surface area contributed by atoms with E-state index < -0.39 is 0 Å². The molecule has 4 rings (SSSR count). The standard InChI is InChI=1S/C22H27N9O3/c1-24-8-9-25-21-20(29-34-30-21)22-27-16-4-2-3-5-17(16)31(22)10-11-33-14-15-6-7-18(26-13-15)28-19(32)12-23/h2-7,13,24H,8-12,14,23H2,1H3,(H,25,30)(H,26,28,32). The Bertz CT molecular complexity index is 1220. The average Bonchev–Trinajstić information content (AvgIpc) is 3.47. The molecule has 5 N–H and O–H groups in total. The summed E-state index contributed by atoms with van der Waals surface area (Å²) in [5.41, 5.74) is 8.55. The van der Waals surface area contributed by atoms with Crippen LogP contribution in [0.5, 0.6) is 0 Å². The number of pyridine rings is 1. The molecule has 0 aliphatic rings. The number of anilines is 2. The van der Waals surface area contributed by atoms with Crippen LogP contribution in [0.4, 0.5) is 11.6 Å². The maximum absolute atomic E-state index is 11.4. The van der Waals surface area contributed by atoms with Gasteiger partial charge in [-0.25, -0.2) is 14.6 Å². The van der Waals surface area contributed by atoms with E-state index >= 15 is 0 Å². The summed E-state index contributed by atoms with van der Waals surface area (Å²) in [7, 11) is 1.88. The van der Waals surface area contributed by atoms with E-state index in [9.17, 15) is 4.79 Å². The number of benzene rings is 1. The molecular weight excluding hydrogens is 438 g/mol. The van der Waals surface area contributed by atoms with Crippen LogP contribution in [0.3, 0.4) is 0 Å². The number of carbonyl (C=O) groups is 1. The van der Waals surface area contributed by atoms with Gasteiger partial charge < -0.3 is 31.0 Å². The van der Waals surface area contributed by atoms with Crippen LogP contribution in [0.1, 0.15) is 5.56 Å². The van der Waals surface area contributed by atoms with Gasteiger partial charge in [-0.1, -0.05) is 18.2 Å². The van der Waals surface area contributed by atoms with Crippen molar-refractivity contribution in [2.24, 2.45) is 5.73 Å². The first-order valence-corrected chi connectivity index (χ1v) is 10.9. The number of carbonyl (C=O) groups excluding carboxylic acids is 1. The van der Waals surface area contributed by atoms with Crippen molar-refractivity contribution in [3.05, 3.63) is 48.2 Å². The van der Waals surface area contributed by atoms with Crippen molar-refractivity contribution in [2.45, 2.75) is 13.2 Å². The fraction of sp³-hybridized carbons (Fsp3) is 0.318. The molecule has 0 aliphatic carbocycles. The molecule has 12 nitrogen and oxygen atoms in total. The van der Waals surface area contributed by atoms with E-state index in [1.807, 2.05) is 41.9 Å². The third kappa shape index (κ3) is 5.54. The number of ether oxygens (including phenoxy) is 1. The summed E-state index contributed by atoms with van der Waals surface area (Å²) in [6.07, 6.45) is 1.66. The Morgan fingerprint density at radius 1 is 1.18 bits per heavy atom.